The van der Waals surface area contributed by atoms with E-state index in [0.29, 0.717) is 12.8 Å². The largest absolute Gasteiger partial charge is 0.469 e. The van der Waals surface area contributed by atoms with E-state index in [1.54, 1.807) is 0 Å². The van der Waals surface area contributed by atoms with Crippen LogP contribution >= 0.6 is 0 Å². The normalized spacial score (nSPS) is 20.5. The van der Waals surface area contributed by atoms with Crippen molar-refractivity contribution in [1.82, 2.24) is 0 Å². The Morgan fingerprint density at radius 1 is 1.04 bits per heavy atom. The summed E-state index contributed by atoms with van der Waals surface area (Å²) in [5, 5.41) is 0. The van der Waals surface area contributed by atoms with Crippen molar-refractivity contribution in [1.29, 1.82) is 0 Å². The number of esters is 2. The van der Waals surface area contributed by atoms with Gasteiger partial charge in [0.25, 0.3) is 0 Å². The molecule has 25 heavy (non-hydrogen) atoms. The van der Waals surface area contributed by atoms with Crippen molar-refractivity contribution in [3.8, 4) is 0 Å². The third-order valence-corrected chi connectivity index (χ3v) is 4.69. The standard InChI is InChI=1S/C21H32O4/c1-15(2)8-6-9-16(3)10-7-11-17-12-13-18(20(22)24-4)19(14-17)21(23)25-5/h8,10,12,18-19H,6-7,9,11,13-14H2,1-5H3/t18-,19+/m1/s1. The van der Waals surface area contributed by atoms with Gasteiger partial charge < -0.3 is 9.47 Å². The van der Waals surface area contributed by atoms with Crippen molar-refractivity contribution < 1.29 is 19.1 Å². The van der Waals surface area contributed by atoms with Crippen LogP contribution in [0.15, 0.2) is 34.9 Å². The Kier molecular flexibility index (Phi) is 9.25. The minimum atomic E-state index is -0.430. The third kappa shape index (κ3) is 7.29. The van der Waals surface area contributed by atoms with Gasteiger partial charge in [0.05, 0.1) is 26.1 Å². The summed E-state index contributed by atoms with van der Waals surface area (Å²) < 4.78 is 9.70. The summed E-state index contributed by atoms with van der Waals surface area (Å²) in [6, 6.07) is 0. The van der Waals surface area contributed by atoms with Gasteiger partial charge in [0.2, 0.25) is 0 Å². The monoisotopic (exact) mass is 348 g/mol. The Balaban J connectivity index is 2.59. The minimum Gasteiger partial charge on any atom is -0.469 e. The fourth-order valence-corrected chi connectivity index (χ4v) is 3.18. The Hall–Kier alpha value is -1.84. The fraction of sp³-hybridized carbons (Fsp3) is 0.619. The van der Waals surface area contributed by atoms with E-state index in [0.717, 1.165) is 25.7 Å². The van der Waals surface area contributed by atoms with Crippen molar-refractivity contribution in [2.45, 2.75) is 59.3 Å². The highest BCUT2D eigenvalue weighted by molar-refractivity contribution is 5.82. The first kappa shape index (κ1) is 21.2. The van der Waals surface area contributed by atoms with E-state index in [2.05, 4.69) is 39.0 Å². The average molecular weight is 348 g/mol. The summed E-state index contributed by atoms with van der Waals surface area (Å²) in [7, 11) is 2.73. The number of carbonyl (C=O) groups excluding carboxylic acids is 2. The highest BCUT2D eigenvalue weighted by Crippen LogP contribution is 2.33. The number of allylic oxidation sites excluding steroid dienone is 6. The molecular formula is C21H32O4. The van der Waals surface area contributed by atoms with Gasteiger partial charge in [-0.1, -0.05) is 34.9 Å². The lowest BCUT2D eigenvalue weighted by Crippen LogP contribution is -2.33. The zero-order valence-corrected chi connectivity index (χ0v) is 16.3. The number of hydrogen-bond donors (Lipinski definition) is 0. The molecule has 0 aliphatic heterocycles. The number of ether oxygens (including phenoxy) is 2. The van der Waals surface area contributed by atoms with Crippen LogP contribution in [0.3, 0.4) is 0 Å². The summed E-state index contributed by atoms with van der Waals surface area (Å²) in [5.41, 5.74) is 3.98. The molecule has 0 bridgehead atoms. The minimum absolute atomic E-state index is 0.325. The molecule has 1 aliphatic rings. The fourth-order valence-electron chi connectivity index (χ4n) is 3.18. The molecule has 0 N–H and O–H groups in total. The van der Waals surface area contributed by atoms with Crippen LogP contribution in [0.25, 0.3) is 0 Å². The van der Waals surface area contributed by atoms with Gasteiger partial charge in [0, 0.05) is 0 Å². The number of methoxy groups -OCH3 is 2. The van der Waals surface area contributed by atoms with Crippen molar-refractivity contribution >= 4 is 11.9 Å². The molecular weight excluding hydrogens is 316 g/mol. The molecule has 0 radical (unpaired) electrons. The van der Waals surface area contributed by atoms with E-state index < -0.39 is 11.8 Å². The molecule has 2 atom stereocenters. The van der Waals surface area contributed by atoms with E-state index >= 15 is 0 Å². The second kappa shape index (κ2) is 10.9. The molecule has 0 aromatic carbocycles. The van der Waals surface area contributed by atoms with Gasteiger partial charge in [-0.3, -0.25) is 9.59 Å². The molecule has 140 valence electrons. The van der Waals surface area contributed by atoms with Crippen molar-refractivity contribution in [3.05, 3.63) is 34.9 Å². The topological polar surface area (TPSA) is 52.6 Å². The van der Waals surface area contributed by atoms with Gasteiger partial charge in [0.1, 0.15) is 0 Å². The van der Waals surface area contributed by atoms with Crippen molar-refractivity contribution in [3.63, 3.8) is 0 Å². The van der Waals surface area contributed by atoms with Crippen LogP contribution < -0.4 is 0 Å². The van der Waals surface area contributed by atoms with Gasteiger partial charge in [-0.2, -0.15) is 0 Å². The molecule has 1 aliphatic carbocycles. The van der Waals surface area contributed by atoms with Crippen molar-refractivity contribution in [2.24, 2.45) is 11.8 Å². The quantitative estimate of drug-likeness (QED) is 0.469. The van der Waals surface area contributed by atoms with E-state index in [1.165, 1.54) is 30.9 Å². The summed E-state index contributed by atoms with van der Waals surface area (Å²) >= 11 is 0. The predicted molar refractivity (Wildman–Crippen MR) is 100.0 cm³/mol. The Morgan fingerprint density at radius 2 is 1.68 bits per heavy atom. The Morgan fingerprint density at radius 3 is 2.28 bits per heavy atom. The van der Waals surface area contributed by atoms with E-state index in [4.69, 9.17) is 9.47 Å². The van der Waals surface area contributed by atoms with Crippen LogP contribution in [0.5, 0.6) is 0 Å². The first-order chi connectivity index (χ1) is 11.9. The zero-order chi connectivity index (χ0) is 18.8. The molecule has 0 fully saturated rings. The summed E-state index contributed by atoms with van der Waals surface area (Å²) in [4.78, 5) is 23.9. The average Bonchev–Trinajstić information content (AvgIpc) is 2.59. The third-order valence-electron chi connectivity index (χ3n) is 4.69. The zero-order valence-electron chi connectivity index (χ0n) is 16.3. The summed E-state index contributed by atoms with van der Waals surface area (Å²) in [6.07, 6.45) is 11.8. The summed E-state index contributed by atoms with van der Waals surface area (Å²) in [6.45, 7) is 6.40. The van der Waals surface area contributed by atoms with Gasteiger partial charge >= 0.3 is 11.9 Å². The van der Waals surface area contributed by atoms with Gasteiger partial charge in [-0.25, -0.2) is 0 Å². The van der Waals surface area contributed by atoms with Crippen LogP contribution in [0.1, 0.15) is 59.3 Å². The van der Waals surface area contributed by atoms with Gasteiger partial charge in [-0.05, 0) is 59.3 Å². The lowest BCUT2D eigenvalue weighted by Gasteiger charge is -2.27. The molecule has 1 rings (SSSR count). The van der Waals surface area contributed by atoms with Gasteiger partial charge in [0.15, 0.2) is 0 Å². The maximum atomic E-state index is 12.0. The Labute approximate surface area is 152 Å². The molecule has 0 saturated carbocycles. The van der Waals surface area contributed by atoms with Crippen LogP contribution in [-0.2, 0) is 19.1 Å². The number of rotatable bonds is 8. The molecule has 4 heteroatoms. The van der Waals surface area contributed by atoms with Crippen LogP contribution in [0, 0.1) is 11.8 Å². The van der Waals surface area contributed by atoms with Crippen LogP contribution in [0.4, 0.5) is 0 Å². The molecule has 0 saturated heterocycles. The molecule has 0 amide bonds. The number of carbonyl (C=O) groups is 2. The molecule has 0 unspecified atom stereocenters. The second-order valence-electron chi connectivity index (χ2n) is 6.97. The van der Waals surface area contributed by atoms with Crippen LogP contribution in [-0.4, -0.2) is 26.2 Å². The highest BCUT2D eigenvalue weighted by Gasteiger charge is 2.37. The molecule has 4 nitrogen and oxygen atoms in total. The highest BCUT2D eigenvalue weighted by atomic mass is 16.5. The second-order valence-corrected chi connectivity index (χ2v) is 6.97. The van der Waals surface area contributed by atoms with E-state index in [9.17, 15) is 9.59 Å². The summed E-state index contributed by atoms with van der Waals surface area (Å²) in [5.74, 6) is -1.52. The first-order valence-corrected chi connectivity index (χ1v) is 9.01. The van der Waals surface area contributed by atoms with Crippen molar-refractivity contribution in [2.75, 3.05) is 14.2 Å². The lowest BCUT2D eigenvalue weighted by atomic mass is 9.78. The smallest absolute Gasteiger partial charge is 0.309 e. The van der Waals surface area contributed by atoms with E-state index in [1.807, 2.05) is 0 Å². The maximum Gasteiger partial charge on any atom is 0.309 e. The predicted octanol–water partition coefficient (Wildman–Crippen LogP) is 4.76. The maximum absolute atomic E-state index is 12.0. The van der Waals surface area contributed by atoms with Crippen LogP contribution in [0.2, 0.25) is 0 Å². The number of hydrogen-bond acceptors (Lipinski definition) is 4. The van der Waals surface area contributed by atoms with Gasteiger partial charge in [-0.15, -0.1) is 0 Å². The lowest BCUT2D eigenvalue weighted by molar-refractivity contribution is -0.157. The first-order valence-electron chi connectivity index (χ1n) is 9.01. The van der Waals surface area contributed by atoms with E-state index in [-0.39, 0.29) is 11.9 Å². The Bertz CT molecular complexity index is 550. The molecule has 0 aromatic heterocycles. The molecule has 0 spiro atoms. The molecule has 0 heterocycles. The SMILES string of the molecule is COC(=O)[C@H]1CC(CCC=C(C)CCC=C(C)C)=CC[C@H]1C(=O)OC. The molecule has 0 aromatic rings.